The van der Waals surface area contributed by atoms with E-state index in [9.17, 15) is 5.11 Å². The number of nitrogens with zero attached hydrogens (tertiary/aromatic N) is 5. The van der Waals surface area contributed by atoms with Crippen molar-refractivity contribution >= 4 is 33.6 Å². The molecule has 1 fully saturated rings. The fourth-order valence-electron chi connectivity index (χ4n) is 4.30. The molecule has 5 rings (SSSR count). The molecule has 4 aromatic rings. The molecule has 0 aliphatic carbocycles. The van der Waals surface area contributed by atoms with Crippen LogP contribution in [0.2, 0.25) is 0 Å². The monoisotopic (exact) mass is 450 g/mol. The van der Waals surface area contributed by atoms with Gasteiger partial charge in [-0.1, -0.05) is 0 Å². The van der Waals surface area contributed by atoms with Gasteiger partial charge in [-0.25, -0.2) is 19.3 Å². The molecule has 0 atom stereocenters. The fourth-order valence-corrected chi connectivity index (χ4v) is 4.30. The first-order valence-corrected chi connectivity index (χ1v) is 11.0. The maximum Gasteiger partial charge on any atom is 0.165 e. The molecule has 4 heterocycles. The van der Waals surface area contributed by atoms with Gasteiger partial charge in [0.25, 0.3) is 0 Å². The van der Waals surface area contributed by atoms with E-state index in [0.29, 0.717) is 66.9 Å². The third-order valence-electron chi connectivity index (χ3n) is 5.74. The number of halogens is 1. The molecule has 0 bridgehead atoms. The van der Waals surface area contributed by atoms with E-state index in [1.807, 2.05) is 30.1 Å². The minimum atomic E-state index is -0.869. The van der Waals surface area contributed by atoms with Gasteiger partial charge in [-0.15, -0.1) is 0 Å². The van der Waals surface area contributed by atoms with Gasteiger partial charge in [-0.2, -0.15) is 0 Å². The highest BCUT2D eigenvalue weighted by molar-refractivity contribution is 5.96. The number of morpholine rings is 1. The highest BCUT2D eigenvalue weighted by atomic mass is 19.1. The summed E-state index contributed by atoms with van der Waals surface area (Å²) in [6, 6.07) is 8.72. The second-order valence-electron chi connectivity index (χ2n) is 9.04. The van der Waals surface area contributed by atoms with Crippen molar-refractivity contribution in [2.45, 2.75) is 19.4 Å². The van der Waals surface area contributed by atoms with Crippen LogP contribution in [0.1, 0.15) is 13.8 Å². The average molecular weight is 451 g/mol. The third-order valence-corrected chi connectivity index (χ3v) is 5.74. The summed E-state index contributed by atoms with van der Waals surface area (Å²) in [5.41, 5.74) is 1.60. The number of aliphatic hydroxyl groups is 1. The van der Waals surface area contributed by atoms with Crippen LogP contribution in [0, 0.1) is 5.82 Å². The van der Waals surface area contributed by atoms with Crippen LogP contribution in [0.15, 0.2) is 36.5 Å². The standard InChI is InChI=1S/C24H27FN6O2/c1-24(2,32)14-30(3)19-7-6-18-21(28-19)23(31-10-12-33-13-11-31)29-22(27-18)20-15-8-9-26-17(15)5-4-16(20)25/h4-9,26,32H,10-14H2,1-3H3. The Morgan fingerprint density at radius 2 is 1.91 bits per heavy atom. The number of hydrogen-bond acceptors (Lipinski definition) is 7. The van der Waals surface area contributed by atoms with Gasteiger partial charge in [0.15, 0.2) is 11.6 Å². The van der Waals surface area contributed by atoms with Gasteiger partial charge in [0.1, 0.15) is 17.2 Å². The normalized spacial score (nSPS) is 14.9. The van der Waals surface area contributed by atoms with Gasteiger partial charge in [0.2, 0.25) is 0 Å². The number of nitrogens with one attached hydrogen (secondary N) is 1. The highest BCUT2D eigenvalue weighted by Crippen LogP contribution is 2.33. The molecule has 1 aliphatic heterocycles. The summed E-state index contributed by atoms with van der Waals surface area (Å²) < 4.78 is 20.5. The Morgan fingerprint density at radius 3 is 2.67 bits per heavy atom. The minimum Gasteiger partial charge on any atom is -0.389 e. The molecule has 3 aromatic heterocycles. The van der Waals surface area contributed by atoms with Gasteiger partial charge in [-0.05, 0) is 44.2 Å². The van der Waals surface area contributed by atoms with Crippen LogP contribution in [0.25, 0.3) is 33.3 Å². The molecule has 172 valence electrons. The average Bonchev–Trinajstić information content (AvgIpc) is 3.26. The number of aromatic amines is 1. The van der Waals surface area contributed by atoms with E-state index in [0.717, 1.165) is 10.9 Å². The Hall–Kier alpha value is -3.30. The number of anilines is 2. The molecule has 2 N–H and O–H groups in total. The minimum absolute atomic E-state index is 0.325. The second kappa shape index (κ2) is 8.24. The Balaban J connectivity index is 1.69. The van der Waals surface area contributed by atoms with E-state index in [-0.39, 0.29) is 5.82 Å². The summed E-state index contributed by atoms with van der Waals surface area (Å²) in [6.45, 7) is 6.42. The Kier molecular flexibility index (Phi) is 5.38. The van der Waals surface area contributed by atoms with Gasteiger partial charge < -0.3 is 24.6 Å². The largest absolute Gasteiger partial charge is 0.389 e. The van der Waals surface area contributed by atoms with Crippen LogP contribution >= 0.6 is 0 Å². The van der Waals surface area contributed by atoms with Gasteiger partial charge >= 0.3 is 0 Å². The summed E-state index contributed by atoms with van der Waals surface area (Å²) >= 11 is 0. The quantitative estimate of drug-likeness (QED) is 0.482. The first-order valence-electron chi connectivity index (χ1n) is 11.0. The zero-order valence-corrected chi connectivity index (χ0v) is 19.0. The highest BCUT2D eigenvalue weighted by Gasteiger charge is 2.23. The van der Waals surface area contributed by atoms with Crippen LogP contribution in [0.3, 0.4) is 0 Å². The molecular formula is C24H27FN6O2. The summed E-state index contributed by atoms with van der Waals surface area (Å²) in [4.78, 5) is 21.5. The number of fused-ring (bicyclic) bond motifs is 2. The van der Waals surface area contributed by atoms with Crippen molar-refractivity contribution in [1.82, 2.24) is 19.9 Å². The molecular weight excluding hydrogens is 423 g/mol. The first kappa shape index (κ1) is 21.5. The lowest BCUT2D eigenvalue weighted by atomic mass is 10.1. The molecule has 0 saturated carbocycles. The van der Waals surface area contributed by atoms with Crippen LogP contribution < -0.4 is 9.80 Å². The number of hydrogen-bond donors (Lipinski definition) is 2. The Morgan fingerprint density at radius 1 is 1.12 bits per heavy atom. The predicted octanol–water partition coefficient (Wildman–Crippen LogP) is 3.36. The first-order chi connectivity index (χ1) is 15.8. The third kappa shape index (κ3) is 4.21. The number of H-pyrrole nitrogens is 1. The van der Waals surface area contributed by atoms with E-state index in [2.05, 4.69) is 9.88 Å². The van der Waals surface area contributed by atoms with Crippen molar-refractivity contribution in [3.8, 4) is 11.4 Å². The van der Waals surface area contributed by atoms with Crippen molar-refractivity contribution < 1.29 is 14.2 Å². The van der Waals surface area contributed by atoms with E-state index in [4.69, 9.17) is 19.7 Å². The van der Waals surface area contributed by atoms with Gasteiger partial charge in [0, 0.05) is 43.8 Å². The molecule has 0 radical (unpaired) electrons. The summed E-state index contributed by atoms with van der Waals surface area (Å²) in [6.07, 6.45) is 1.78. The van der Waals surface area contributed by atoms with Crippen molar-refractivity contribution in [3.63, 3.8) is 0 Å². The molecule has 8 nitrogen and oxygen atoms in total. The molecule has 1 aliphatic rings. The van der Waals surface area contributed by atoms with Crippen molar-refractivity contribution in [1.29, 1.82) is 0 Å². The molecule has 33 heavy (non-hydrogen) atoms. The smallest absolute Gasteiger partial charge is 0.165 e. The van der Waals surface area contributed by atoms with Crippen LogP contribution in [-0.4, -0.2) is 70.5 Å². The van der Waals surface area contributed by atoms with Gasteiger partial charge in [0.05, 0.1) is 29.9 Å². The summed E-state index contributed by atoms with van der Waals surface area (Å²) in [5, 5.41) is 11.0. The predicted molar refractivity (Wildman–Crippen MR) is 127 cm³/mol. The molecule has 0 spiro atoms. The maximum absolute atomic E-state index is 15.0. The molecule has 0 unspecified atom stereocenters. The van der Waals surface area contributed by atoms with E-state index in [1.165, 1.54) is 6.07 Å². The van der Waals surface area contributed by atoms with E-state index >= 15 is 4.39 Å². The van der Waals surface area contributed by atoms with Crippen molar-refractivity contribution in [2.75, 3.05) is 49.7 Å². The lowest BCUT2D eigenvalue weighted by Gasteiger charge is -2.29. The molecule has 1 saturated heterocycles. The second-order valence-corrected chi connectivity index (χ2v) is 9.04. The van der Waals surface area contributed by atoms with E-state index in [1.54, 1.807) is 26.1 Å². The topological polar surface area (TPSA) is 90.4 Å². The van der Waals surface area contributed by atoms with Gasteiger partial charge in [-0.3, -0.25) is 0 Å². The maximum atomic E-state index is 15.0. The zero-order valence-electron chi connectivity index (χ0n) is 19.0. The summed E-state index contributed by atoms with van der Waals surface area (Å²) in [5.74, 6) is 1.31. The van der Waals surface area contributed by atoms with E-state index < -0.39 is 5.60 Å². The Bertz CT molecular complexity index is 1310. The molecule has 1 aromatic carbocycles. The molecule has 9 heteroatoms. The zero-order chi connectivity index (χ0) is 23.2. The SMILES string of the molecule is CN(CC(C)(C)O)c1ccc2nc(-c3c(F)ccc4[nH]ccc34)nc(N3CCOCC3)c2n1. The van der Waals surface area contributed by atoms with Crippen LogP contribution in [0.4, 0.5) is 16.0 Å². The van der Waals surface area contributed by atoms with Crippen molar-refractivity contribution in [2.24, 2.45) is 0 Å². The number of ether oxygens (including phenoxy) is 1. The van der Waals surface area contributed by atoms with Crippen LogP contribution in [0.5, 0.6) is 0 Å². The number of rotatable bonds is 5. The lowest BCUT2D eigenvalue weighted by Crippen LogP contribution is -2.37. The summed E-state index contributed by atoms with van der Waals surface area (Å²) in [7, 11) is 1.89. The molecule has 0 amide bonds. The number of pyridine rings is 1. The number of aromatic nitrogens is 4. The number of likely N-dealkylation sites (N-methyl/N-ethyl adjacent to an activating group) is 1. The number of benzene rings is 1. The fraction of sp³-hybridized carbons (Fsp3) is 0.375. The lowest BCUT2D eigenvalue weighted by molar-refractivity contribution is 0.0884. The van der Waals surface area contributed by atoms with Crippen LogP contribution in [-0.2, 0) is 4.74 Å². The van der Waals surface area contributed by atoms with Crippen molar-refractivity contribution in [3.05, 3.63) is 42.3 Å². The Labute approximate surface area is 191 Å².